The number of carbonyl (C=O) groups excluding carboxylic acids is 1. The minimum atomic E-state index is -0.608. The fourth-order valence-corrected chi connectivity index (χ4v) is 3.47. The van der Waals surface area contributed by atoms with Gasteiger partial charge in [0.2, 0.25) is 0 Å². The van der Waals surface area contributed by atoms with E-state index in [1.54, 1.807) is 36.4 Å². The molecule has 0 heterocycles. The van der Waals surface area contributed by atoms with Crippen LogP contribution in [0, 0.1) is 17.1 Å². The van der Waals surface area contributed by atoms with Crippen LogP contribution in [0.2, 0.25) is 15.1 Å². The molecule has 3 aromatic carbocycles. The first-order valence-electron chi connectivity index (χ1n) is 8.90. The fraction of sp³-hybridized carbons (Fsp3) is 0.0435. The molecule has 3 aromatic rings. The van der Waals surface area contributed by atoms with Crippen LogP contribution in [0.5, 0.6) is 5.75 Å². The van der Waals surface area contributed by atoms with E-state index in [2.05, 4.69) is 5.32 Å². The van der Waals surface area contributed by atoms with E-state index in [0.29, 0.717) is 21.8 Å². The summed E-state index contributed by atoms with van der Waals surface area (Å²) in [6.07, 6.45) is 1.36. The van der Waals surface area contributed by atoms with Crippen molar-refractivity contribution in [3.63, 3.8) is 0 Å². The van der Waals surface area contributed by atoms with Gasteiger partial charge in [-0.25, -0.2) is 4.39 Å². The normalized spacial score (nSPS) is 11.0. The molecule has 1 N–H and O–H groups in total. The highest BCUT2D eigenvalue weighted by Gasteiger charge is 2.13. The molecule has 0 unspecified atom stereocenters. The van der Waals surface area contributed by atoms with E-state index in [1.165, 1.54) is 30.3 Å². The van der Waals surface area contributed by atoms with Gasteiger partial charge in [0.05, 0.1) is 10.0 Å². The van der Waals surface area contributed by atoms with E-state index < -0.39 is 5.91 Å². The second-order valence-corrected chi connectivity index (χ2v) is 7.62. The number of anilines is 1. The van der Waals surface area contributed by atoms with Crippen molar-refractivity contribution in [2.24, 2.45) is 0 Å². The van der Waals surface area contributed by atoms with Crippen LogP contribution in [-0.2, 0) is 11.4 Å². The molecule has 0 aliphatic carbocycles. The molecule has 0 aromatic heterocycles. The van der Waals surface area contributed by atoms with Gasteiger partial charge in [-0.1, -0.05) is 53.0 Å². The van der Waals surface area contributed by atoms with Crippen LogP contribution in [0.3, 0.4) is 0 Å². The third-order valence-corrected chi connectivity index (χ3v) is 4.85. The maximum absolute atomic E-state index is 13.3. The van der Waals surface area contributed by atoms with Crippen molar-refractivity contribution < 1.29 is 13.9 Å². The van der Waals surface area contributed by atoms with Gasteiger partial charge in [-0.2, -0.15) is 5.26 Å². The Morgan fingerprint density at radius 1 is 1.06 bits per heavy atom. The Hall–Kier alpha value is -3.04. The summed E-state index contributed by atoms with van der Waals surface area (Å²) in [4.78, 5) is 12.4. The van der Waals surface area contributed by atoms with Gasteiger partial charge in [-0.3, -0.25) is 4.79 Å². The summed E-state index contributed by atoms with van der Waals surface area (Å²) in [6, 6.07) is 17.4. The first-order valence-corrected chi connectivity index (χ1v) is 10.0. The molecule has 8 heteroatoms. The van der Waals surface area contributed by atoms with E-state index in [-0.39, 0.29) is 33.8 Å². The van der Waals surface area contributed by atoms with Crippen molar-refractivity contribution in [1.82, 2.24) is 0 Å². The second-order valence-electron chi connectivity index (χ2n) is 6.37. The van der Waals surface area contributed by atoms with E-state index in [4.69, 9.17) is 39.5 Å². The number of halogens is 4. The van der Waals surface area contributed by atoms with Crippen LogP contribution < -0.4 is 10.1 Å². The van der Waals surface area contributed by atoms with Gasteiger partial charge < -0.3 is 10.1 Å². The minimum absolute atomic E-state index is 0.0673. The summed E-state index contributed by atoms with van der Waals surface area (Å²) < 4.78 is 18.9. The molecule has 156 valence electrons. The Kier molecular flexibility index (Phi) is 7.54. The Labute approximate surface area is 193 Å². The number of hydrogen-bond acceptors (Lipinski definition) is 3. The zero-order valence-electron chi connectivity index (χ0n) is 15.8. The molecule has 0 saturated carbocycles. The van der Waals surface area contributed by atoms with Gasteiger partial charge >= 0.3 is 0 Å². The highest BCUT2D eigenvalue weighted by atomic mass is 35.5. The molecule has 0 saturated heterocycles. The number of nitriles is 1. The molecular weight excluding hydrogens is 462 g/mol. The minimum Gasteiger partial charge on any atom is -0.486 e. The summed E-state index contributed by atoms with van der Waals surface area (Å²) in [7, 11) is 0. The Morgan fingerprint density at radius 3 is 2.42 bits per heavy atom. The number of ether oxygens (including phenoxy) is 1. The van der Waals surface area contributed by atoms with Crippen LogP contribution in [0.25, 0.3) is 6.08 Å². The smallest absolute Gasteiger partial charge is 0.266 e. The molecule has 0 radical (unpaired) electrons. The molecule has 1 amide bonds. The van der Waals surface area contributed by atoms with Gasteiger partial charge in [-0.15, -0.1) is 0 Å². The summed E-state index contributed by atoms with van der Waals surface area (Å²) in [5, 5.41) is 12.8. The first kappa shape index (κ1) is 22.6. The SMILES string of the molecule is N#C/C(=C\c1cc(Cl)c(OCc2cccc(F)c2)c(Cl)c1)C(=O)Nc1cccc(Cl)c1. The monoisotopic (exact) mass is 474 g/mol. The predicted octanol–water partition coefficient (Wildman–Crippen LogP) is 6.91. The van der Waals surface area contributed by atoms with E-state index in [9.17, 15) is 14.4 Å². The van der Waals surface area contributed by atoms with Crippen LogP contribution in [0.1, 0.15) is 11.1 Å². The fourth-order valence-electron chi connectivity index (χ4n) is 2.66. The topological polar surface area (TPSA) is 62.1 Å². The quantitative estimate of drug-likeness (QED) is 0.311. The summed E-state index contributed by atoms with van der Waals surface area (Å²) in [5.74, 6) is -0.770. The number of amides is 1. The molecule has 0 aliphatic rings. The van der Waals surface area contributed by atoms with E-state index >= 15 is 0 Å². The number of carbonyl (C=O) groups is 1. The number of nitrogens with zero attached hydrogens (tertiary/aromatic N) is 1. The number of nitrogens with one attached hydrogen (secondary N) is 1. The van der Waals surface area contributed by atoms with E-state index in [1.807, 2.05) is 6.07 Å². The van der Waals surface area contributed by atoms with Crippen molar-refractivity contribution in [3.8, 4) is 11.8 Å². The standard InChI is InChI=1S/C23H14Cl3FN2O2/c24-17-4-2-6-19(11-17)29-23(30)16(12-28)7-15-9-20(25)22(21(26)10-15)31-13-14-3-1-5-18(27)8-14/h1-11H,13H2,(H,29,30)/b16-7+. The lowest BCUT2D eigenvalue weighted by Crippen LogP contribution is -2.13. The number of benzene rings is 3. The zero-order valence-corrected chi connectivity index (χ0v) is 18.1. The molecular formula is C23H14Cl3FN2O2. The largest absolute Gasteiger partial charge is 0.486 e. The summed E-state index contributed by atoms with van der Waals surface area (Å²) in [5.41, 5.74) is 1.35. The molecule has 31 heavy (non-hydrogen) atoms. The van der Waals surface area contributed by atoms with Crippen LogP contribution in [0.15, 0.2) is 66.2 Å². The Bertz CT molecular complexity index is 1180. The van der Waals surface area contributed by atoms with Crippen LogP contribution in [-0.4, -0.2) is 5.91 Å². The lowest BCUT2D eigenvalue weighted by atomic mass is 10.1. The number of rotatable bonds is 6. The maximum atomic E-state index is 13.3. The third kappa shape index (κ3) is 6.22. The molecule has 0 aliphatic heterocycles. The molecule has 0 spiro atoms. The molecule has 0 fully saturated rings. The molecule has 0 bridgehead atoms. The van der Waals surface area contributed by atoms with Crippen LogP contribution in [0.4, 0.5) is 10.1 Å². The lowest BCUT2D eigenvalue weighted by Gasteiger charge is -2.11. The van der Waals surface area contributed by atoms with Gasteiger partial charge in [0.15, 0.2) is 5.75 Å². The molecule has 4 nitrogen and oxygen atoms in total. The first-order chi connectivity index (χ1) is 14.9. The highest BCUT2D eigenvalue weighted by Crippen LogP contribution is 2.35. The van der Waals surface area contributed by atoms with Gasteiger partial charge in [-0.05, 0) is 59.7 Å². The molecule has 0 atom stereocenters. The third-order valence-electron chi connectivity index (χ3n) is 4.05. The predicted molar refractivity (Wildman–Crippen MR) is 121 cm³/mol. The van der Waals surface area contributed by atoms with Crippen molar-refractivity contribution in [2.45, 2.75) is 6.61 Å². The maximum Gasteiger partial charge on any atom is 0.266 e. The van der Waals surface area contributed by atoms with Crippen molar-refractivity contribution in [2.75, 3.05) is 5.32 Å². The Balaban J connectivity index is 1.77. The van der Waals surface area contributed by atoms with Gasteiger partial charge in [0.1, 0.15) is 24.1 Å². The molecule has 3 rings (SSSR count). The average molecular weight is 476 g/mol. The zero-order chi connectivity index (χ0) is 22.4. The summed E-state index contributed by atoms with van der Waals surface area (Å²) >= 11 is 18.5. The highest BCUT2D eigenvalue weighted by molar-refractivity contribution is 6.37. The van der Waals surface area contributed by atoms with Crippen molar-refractivity contribution >= 4 is 52.5 Å². The van der Waals surface area contributed by atoms with Gasteiger partial charge in [0.25, 0.3) is 5.91 Å². The van der Waals surface area contributed by atoms with Crippen LogP contribution >= 0.6 is 34.8 Å². The number of hydrogen-bond donors (Lipinski definition) is 1. The Morgan fingerprint density at radius 2 is 1.77 bits per heavy atom. The summed E-state index contributed by atoms with van der Waals surface area (Å²) in [6.45, 7) is 0.0673. The lowest BCUT2D eigenvalue weighted by molar-refractivity contribution is -0.112. The van der Waals surface area contributed by atoms with Crippen molar-refractivity contribution in [1.29, 1.82) is 5.26 Å². The second kappa shape index (κ2) is 10.3. The average Bonchev–Trinajstić information content (AvgIpc) is 2.71. The van der Waals surface area contributed by atoms with E-state index in [0.717, 1.165) is 0 Å². The van der Waals surface area contributed by atoms with Gasteiger partial charge in [0, 0.05) is 10.7 Å². The van der Waals surface area contributed by atoms with Crippen molar-refractivity contribution in [3.05, 3.63) is 98.2 Å².